The molecule has 6 nitrogen and oxygen atoms in total. The first-order chi connectivity index (χ1) is 14.0. The quantitative estimate of drug-likeness (QED) is 0.473. The minimum absolute atomic E-state index is 0.00255. The maximum absolute atomic E-state index is 12.5. The lowest BCUT2D eigenvalue weighted by Gasteiger charge is -2.30. The Hall–Kier alpha value is -1.47. The highest BCUT2D eigenvalue weighted by Crippen LogP contribution is 2.22. The van der Waals surface area contributed by atoms with Gasteiger partial charge in [-0.3, -0.25) is 14.5 Å². The average Bonchev–Trinajstić information content (AvgIpc) is 2.72. The van der Waals surface area contributed by atoms with E-state index in [4.69, 9.17) is 17.3 Å². The van der Waals surface area contributed by atoms with Crippen molar-refractivity contribution < 1.29 is 9.59 Å². The van der Waals surface area contributed by atoms with Crippen molar-refractivity contribution in [3.8, 4) is 0 Å². The number of piperidine rings is 2. The molecule has 0 saturated carbocycles. The van der Waals surface area contributed by atoms with Crippen LogP contribution in [0.2, 0.25) is 5.02 Å². The Labute approximate surface area is 178 Å². The number of amides is 1. The summed E-state index contributed by atoms with van der Waals surface area (Å²) in [6.45, 7) is 6.95. The number of hydrogen-bond donors (Lipinski definition) is 2. The Morgan fingerprint density at radius 3 is 2.45 bits per heavy atom. The van der Waals surface area contributed by atoms with Crippen LogP contribution in [0.25, 0.3) is 0 Å². The molecule has 7 heteroatoms. The van der Waals surface area contributed by atoms with E-state index in [1.165, 1.54) is 32.4 Å². The molecule has 2 saturated heterocycles. The average molecular weight is 421 g/mol. The topological polar surface area (TPSA) is 78.7 Å². The predicted octanol–water partition coefficient (Wildman–Crippen LogP) is 2.30. The first-order valence-electron chi connectivity index (χ1n) is 10.8. The standard InChI is InChI=1S/C22H33ClN4O2/c23-20-14-17(16-27-11-6-18(7-12-27)22(24)29)4-5-19(20)21(28)15-25-8-13-26-9-2-1-3-10-26/h4-5,14,18,25H,1-3,6-13,15-16H2,(H2,24,29). The Morgan fingerprint density at radius 1 is 1.07 bits per heavy atom. The number of primary amides is 1. The number of halogens is 1. The van der Waals surface area contributed by atoms with E-state index < -0.39 is 0 Å². The number of hydrogen-bond acceptors (Lipinski definition) is 5. The van der Waals surface area contributed by atoms with Crippen molar-refractivity contribution in [1.82, 2.24) is 15.1 Å². The fourth-order valence-corrected chi connectivity index (χ4v) is 4.54. The lowest BCUT2D eigenvalue weighted by Crippen LogP contribution is -2.38. The summed E-state index contributed by atoms with van der Waals surface area (Å²) in [5, 5.41) is 3.77. The maximum atomic E-state index is 12.5. The second-order valence-corrected chi connectivity index (χ2v) is 8.68. The van der Waals surface area contributed by atoms with Gasteiger partial charge in [0.2, 0.25) is 5.91 Å². The Balaban J connectivity index is 1.42. The molecule has 0 atom stereocenters. The molecule has 1 aromatic carbocycles. The first-order valence-corrected chi connectivity index (χ1v) is 11.2. The summed E-state index contributed by atoms with van der Waals surface area (Å²) >= 11 is 6.40. The molecule has 3 rings (SSSR count). The summed E-state index contributed by atoms with van der Waals surface area (Å²) in [6.07, 6.45) is 5.52. The van der Waals surface area contributed by atoms with E-state index in [-0.39, 0.29) is 17.6 Å². The fraction of sp³-hybridized carbons (Fsp3) is 0.636. The maximum Gasteiger partial charge on any atom is 0.220 e. The fourth-order valence-electron chi connectivity index (χ4n) is 4.23. The van der Waals surface area contributed by atoms with Crippen molar-refractivity contribution in [2.45, 2.75) is 38.6 Å². The Morgan fingerprint density at radius 2 is 1.79 bits per heavy atom. The van der Waals surface area contributed by atoms with Crippen LogP contribution in [0, 0.1) is 5.92 Å². The predicted molar refractivity (Wildman–Crippen MR) is 116 cm³/mol. The van der Waals surface area contributed by atoms with E-state index in [2.05, 4.69) is 15.1 Å². The lowest BCUT2D eigenvalue weighted by atomic mass is 9.96. The van der Waals surface area contributed by atoms with Gasteiger partial charge < -0.3 is 16.0 Å². The second-order valence-electron chi connectivity index (χ2n) is 8.27. The summed E-state index contributed by atoms with van der Waals surface area (Å²) in [5.41, 5.74) is 7.06. The van der Waals surface area contributed by atoms with Gasteiger partial charge in [0.05, 0.1) is 11.6 Å². The molecule has 2 heterocycles. The molecule has 0 radical (unpaired) electrons. The second kappa shape index (κ2) is 11.1. The number of likely N-dealkylation sites (tertiary alicyclic amines) is 2. The molecule has 1 amide bonds. The van der Waals surface area contributed by atoms with Crippen LogP contribution in [0.1, 0.15) is 48.0 Å². The summed E-state index contributed by atoms with van der Waals surface area (Å²) in [5.74, 6) is -0.167. The molecule has 0 unspecified atom stereocenters. The lowest BCUT2D eigenvalue weighted by molar-refractivity contribution is -0.123. The van der Waals surface area contributed by atoms with Crippen LogP contribution in [-0.2, 0) is 11.3 Å². The third kappa shape index (κ3) is 6.78. The molecule has 2 fully saturated rings. The number of carbonyl (C=O) groups is 2. The third-order valence-electron chi connectivity index (χ3n) is 6.07. The van der Waals surface area contributed by atoms with Crippen LogP contribution in [0.15, 0.2) is 18.2 Å². The highest BCUT2D eigenvalue weighted by Gasteiger charge is 2.23. The zero-order chi connectivity index (χ0) is 20.6. The Kier molecular flexibility index (Phi) is 8.48. The molecule has 160 valence electrons. The molecule has 0 spiro atoms. The number of Topliss-reactive ketones (excluding diaryl/α,β-unsaturated/α-hetero) is 1. The van der Waals surface area contributed by atoms with Gasteiger partial charge in [0.1, 0.15) is 0 Å². The summed E-state index contributed by atoms with van der Waals surface area (Å²) in [6, 6.07) is 5.71. The number of rotatable bonds is 9. The zero-order valence-corrected chi connectivity index (χ0v) is 17.9. The number of benzene rings is 1. The third-order valence-corrected chi connectivity index (χ3v) is 6.38. The molecule has 2 aliphatic heterocycles. The largest absolute Gasteiger partial charge is 0.369 e. The number of nitrogens with one attached hydrogen (secondary N) is 1. The molecule has 3 N–H and O–H groups in total. The molecular formula is C22H33ClN4O2. The van der Waals surface area contributed by atoms with Crippen LogP contribution in [-0.4, -0.2) is 67.3 Å². The van der Waals surface area contributed by atoms with E-state index in [1.807, 2.05) is 18.2 Å². The van der Waals surface area contributed by atoms with Gasteiger partial charge in [0.15, 0.2) is 5.78 Å². The van der Waals surface area contributed by atoms with E-state index in [1.54, 1.807) is 0 Å². The van der Waals surface area contributed by atoms with Gasteiger partial charge in [-0.15, -0.1) is 0 Å². The van der Waals surface area contributed by atoms with Gasteiger partial charge in [0, 0.05) is 31.1 Å². The van der Waals surface area contributed by atoms with Gasteiger partial charge in [-0.1, -0.05) is 24.1 Å². The van der Waals surface area contributed by atoms with Crippen molar-refractivity contribution in [3.63, 3.8) is 0 Å². The normalized spacial score (nSPS) is 19.3. The van der Waals surface area contributed by atoms with E-state index in [0.29, 0.717) is 17.1 Å². The minimum atomic E-state index is -0.194. The van der Waals surface area contributed by atoms with Gasteiger partial charge in [-0.2, -0.15) is 0 Å². The van der Waals surface area contributed by atoms with Crippen molar-refractivity contribution in [1.29, 1.82) is 0 Å². The van der Waals surface area contributed by atoms with Gasteiger partial charge in [-0.05, 0) is 69.6 Å². The summed E-state index contributed by atoms with van der Waals surface area (Å²) in [4.78, 5) is 28.5. The van der Waals surface area contributed by atoms with Crippen LogP contribution in [0.5, 0.6) is 0 Å². The number of carbonyl (C=O) groups excluding carboxylic acids is 2. The van der Waals surface area contributed by atoms with Crippen LogP contribution < -0.4 is 11.1 Å². The highest BCUT2D eigenvalue weighted by atomic mass is 35.5. The van der Waals surface area contributed by atoms with Crippen molar-refractivity contribution in [3.05, 3.63) is 34.3 Å². The van der Waals surface area contributed by atoms with Crippen molar-refractivity contribution in [2.75, 3.05) is 45.8 Å². The number of nitrogens with zero attached hydrogens (tertiary/aromatic N) is 2. The SMILES string of the molecule is NC(=O)C1CCN(Cc2ccc(C(=O)CNCCN3CCCCC3)c(Cl)c2)CC1. The monoisotopic (exact) mass is 420 g/mol. The van der Waals surface area contributed by atoms with E-state index >= 15 is 0 Å². The first kappa shape index (κ1) is 22.2. The molecule has 0 aromatic heterocycles. The molecule has 29 heavy (non-hydrogen) atoms. The summed E-state index contributed by atoms with van der Waals surface area (Å²) < 4.78 is 0. The zero-order valence-electron chi connectivity index (χ0n) is 17.2. The van der Waals surface area contributed by atoms with Gasteiger partial charge in [-0.25, -0.2) is 0 Å². The van der Waals surface area contributed by atoms with Crippen molar-refractivity contribution in [2.24, 2.45) is 11.7 Å². The van der Waals surface area contributed by atoms with Crippen molar-refractivity contribution >= 4 is 23.3 Å². The Bertz CT molecular complexity index is 698. The van der Waals surface area contributed by atoms with Crippen LogP contribution in [0.4, 0.5) is 0 Å². The molecular weight excluding hydrogens is 388 g/mol. The molecule has 2 aliphatic rings. The molecule has 0 bridgehead atoms. The van der Waals surface area contributed by atoms with Gasteiger partial charge >= 0.3 is 0 Å². The number of ketones is 1. The molecule has 1 aromatic rings. The highest BCUT2D eigenvalue weighted by molar-refractivity contribution is 6.34. The molecule has 0 aliphatic carbocycles. The van der Waals surface area contributed by atoms with E-state index in [0.717, 1.165) is 51.1 Å². The minimum Gasteiger partial charge on any atom is -0.369 e. The van der Waals surface area contributed by atoms with Crippen LogP contribution in [0.3, 0.4) is 0 Å². The number of nitrogens with two attached hydrogens (primary N) is 1. The smallest absolute Gasteiger partial charge is 0.220 e. The van der Waals surface area contributed by atoms with E-state index in [9.17, 15) is 9.59 Å². The van der Waals surface area contributed by atoms with Crippen LogP contribution >= 0.6 is 11.6 Å². The summed E-state index contributed by atoms with van der Waals surface area (Å²) in [7, 11) is 0. The van der Waals surface area contributed by atoms with Gasteiger partial charge in [0.25, 0.3) is 0 Å².